The van der Waals surface area contributed by atoms with Crippen LogP contribution < -0.4 is 20.1 Å². The SMILES string of the molecule is COc1ccc(OC)c(NC(=O)CSc2nnc(NC(=O)c3ccc(-c4ccccc4)cc3)s2)c1. The Bertz CT molecular complexity index is 1310. The van der Waals surface area contributed by atoms with Gasteiger partial charge in [0.1, 0.15) is 11.5 Å². The van der Waals surface area contributed by atoms with Crippen LogP contribution in [0.2, 0.25) is 0 Å². The molecule has 0 fully saturated rings. The minimum Gasteiger partial charge on any atom is -0.497 e. The minimum atomic E-state index is -0.278. The average Bonchev–Trinajstić information content (AvgIpc) is 3.35. The fourth-order valence-electron chi connectivity index (χ4n) is 3.16. The second-order valence-electron chi connectivity index (χ2n) is 7.17. The van der Waals surface area contributed by atoms with Gasteiger partial charge in [-0.1, -0.05) is 65.6 Å². The van der Waals surface area contributed by atoms with Crippen molar-refractivity contribution in [2.75, 3.05) is 30.6 Å². The first-order valence-electron chi connectivity index (χ1n) is 10.5. The van der Waals surface area contributed by atoms with Crippen LogP contribution in [0.1, 0.15) is 10.4 Å². The fourth-order valence-corrected chi connectivity index (χ4v) is 4.70. The van der Waals surface area contributed by atoms with E-state index >= 15 is 0 Å². The summed E-state index contributed by atoms with van der Waals surface area (Å²) in [6.45, 7) is 0. The number of nitrogens with zero attached hydrogens (tertiary/aromatic N) is 2. The number of anilines is 2. The summed E-state index contributed by atoms with van der Waals surface area (Å²) in [5, 5.41) is 14.0. The van der Waals surface area contributed by atoms with E-state index in [1.807, 2.05) is 42.5 Å². The van der Waals surface area contributed by atoms with Crippen molar-refractivity contribution in [1.29, 1.82) is 0 Å². The number of rotatable bonds is 9. The van der Waals surface area contributed by atoms with Crippen molar-refractivity contribution in [2.24, 2.45) is 0 Å². The third-order valence-electron chi connectivity index (χ3n) is 4.89. The molecule has 0 bridgehead atoms. The second kappa shape index (κ2) is 11.5. The molecule has 2 N–H and O–H groups in total. The molecule has 0 atom stereocenters. The second-order valence-corrected chi connectivity index (χ2v) is 9.37. The number of carbonyl (C=O) groups is 2. The molecule has 4 rings (SSSR count). The highest BCUT2D eigenvalue weighted by atomic mass is 32.2. The molecular weight excluding hydrogens is 484 g/mol. The highest BCUT2D eigenvalue weighted by molar-refractivity contribution is 8.01. The van der Waals surface area contributed by atoms with Crippen LogP contribution in [-0.2, 0) is 4.79 Å². The quantitative estimate of drug-likeness (QED) is 0.237. The standard InChI is InChI=1S/C25H22N4O4S2/c1-32-19-12-13-21(33-2)20(14-19)26-22(30)15-34-25-29-28-24(35-25)27-23(31)18-10-8-17(9-11-18)16-6-4-3-5-7-16/h3-14H,15H2,1-2H3,(H,26,30)(H,27,28,31). The van der Waals surface area contributed by atoms with Crippen molar-refractivity contribution in [3.63, 3.8) is 0 Å². The van der Waals surface area contributed by atoms with Crippen molar-refractivity contribution < 1.29 is 19.1 Å². The smallest absolute Gasteiger partial charge is 0.257 e. The molecule has 35 heavy (non-hydrogen) atoms. The maximum Gasteiger partial charge on any atom is 0.257 e. The molecule has 10 heteroatoms. The molecular formula is C25H22N4O4S2. The summed E-state index contributed by atoms with van der Waals surface area (Å²) in [6.07, 6.45) is 0. The van der Waals surface area contributed by atoms with Gasteiger partial charge in [-0.25, -0.2) is 0 Å². The van der Waals surface area contributed by atoms with Crippen molar-refractivity contribution in [3.05, 3.63) is 78.4 Å². The molecule has 0 aliphatic heterocycles. The van der Waals surface area contributed by atoms with E-state index in [1.54, 1.807) is 37.4 Å². The minimum absolute atomic E-state index is 0.115. The number of hydrogen-bond acceptors (Lipinski definition) is 8. The van der Waals surface area contributed by atoms with Gasteiger partial charge in [-0.05, 0) is 35.4 Å². The summed E-state index contributed by atoms with van der Waals surface area (Å²) in [4.78, 5) is 25.0. The molecule has 1 aromatic heterocycles. The van der Waals surface area contributed by atoms with E-state index in [0.717, 1.165) is 11.1 Å². The van der Waals surface area contributed by atoms with E-state index < -0.39 is 0 Å². The highest BCUT2D eigenvalue weighted by Crippen LogP contribution is 2.30. The Morgan fingerprint density at radius 2 is 1.63 bits per heavy atom. The average molecular weight is 507 g/mol. The Labute approximate surface area is 210 Å². The Morgan fingerprint density at radius 1 is 0.886 bits per heavy atom. The van der Waals surface area contributed by atoms with E-state index in [9.17, 15) is 9.59 Å². The molecule has 0 saturated heterocycles. The van der Waals surface area contributed by atoms with Gasteiger partial charge in [-0.15, -0.1) is 10.2 Å². The lowest BCUT2D eigenvalue weighted by molar-refractivity contribution is -0.113. The molecule has 3 aromatic carbocycles. The fraction of sp³-hybridized carbons (Fsp3) is 0.120. The van der Waals surface area contributed by atoms with Crippen LogP contribution in [0.5, 0.6) is 11.5 Å². The van der Waals surface area contributed by atoms with Crippen molar-refractivity contribution in [2.45, 2.75) is 4.34 Å². The number of carbonyl (C=O) groups excluding carboxylic acids is 2. The number of benzene rings is 3. The monoisotopic (exact) mass is 506 g/mol. The van der Waals surface area contributed by atoms with Crippen molar-refractivity contribution in [1.82, 2.24) is 10.2 Å². The summed E-state index contributed by atoms with van der Waals surface area (Å²) in [5.41, 5.74) is 3.14. The van der Waals surface area contributed by atoms with Gasteiger partial charge in [0.15, 0.2) is 4.34 Å². The third kappa shape index (κ3) is 6.37. The molecule has 0 spiro atoms. The molecule has 178 valence electrons. The van der Waals surface area contributed by atoms with Gasteiger partial charge in [0.2, 0.25) is 11.0 Å². The Kier molecular flexibility index (Phi) is 7.96. The largest absolute Gasteiger partial charge is 0.497 e. The predicted octanol–water partition coefficient (Wildman–Crippen LogP) is 5.21. The van der Waals surface area contributed by atoms with Gasteiger partial charge in [0, 0.05) is 11.6 Å². The maximum absolute atomic E-state index is 12.6. The molecule has 8 nitrogen and oxygen atoms in total. The summed E-state index contributed by atoms with van der Waals surface area (Å²) in [6, 6.07) is 22.4. The number of hydrogen-bond donors (Lipinski definition) is 2. The zero-order valence-electron chi connectivity index (χ0n) is 19.0. The van der Waals surface area contributed by atoms with E-state index in [2.05, 4.69) is 20.8 Å². The van der Waals surface area contributed by atoms with Crippen LogP contribution in [0.25, 0.3) is 11.1 Å². The van der Waals surface area contributed by atoms with Crippen LogP contribution in [-0.4, -0.2) is 42.0 Å². The van der Waals surface area contributed by atoms with Gasteiger partial charge in [-0.2, -0.15) is 0 Å². The topological polar surface area (TPSA) is 102 Å². The van der Waals surface area contributed by atoms with Crippen LogP contribution >= 0.6 is 23.1 Å². The number of thioether (sulfide) groups is 1. The van der Waals surface area contributed by atoms with Crippen LogP contribution in [0.15, 0.2) is 77.1 Å². The summed E-state index contributed by atoms with van der Waals surface area (Å²) in [7, 11) is 3.08. The van der Waals surface area contributed by atoms with Gasteiger partial charge in [0.25, 0.3) is 5.91 Å². The molecule has 1 heterocycles. The molecule has 0 saturated carbocycles. The van der Waals surface area contributed by atoms with Gasteiger partial charge >= 0.3 is 0 Å². The molecule has 0 aliphatic carbocycles. The summed E-state index contributed by atoms with van der Waals surface area (Å²) >= 11 is 2.43. The lowest BCUT2D eigenvalue weighted by Gasteiger charge is -2.11. The molecule has 0 aliphatic rings. The molecule has 2 amide bonds. The van der Waals surface area contributed by atoms with Crippen LogP contribution in [0, 0.1) is 0 Å². The maximum atomic E-state index is 12.6. The Morgan fingerprint density at radius 3 is 2.34 bits per heavy atom. The van der Waals surface area contributed by atoms with Gasteiger partial charge in [-0.3, -0.25) is 14.9 Å². The van der Waals surface area contributed by atoms with Crippen LogP contribution in [0.4, 0.5) is 10.8 Å². The van der Waals surface area contributed by atoms with Gasteiger partial charge in [0.05, 0.1) is 25.7 Å². The Balaban J connectivity index is 1.31. The van der Waals surface area contributed by atoms with Crippen molar-refractivity contribution >= 4 is 45.7 Å². The molecule has 0 unspecified atom stereocenters. The number of ether oxygens (including phenoxy) is 2. The van der Waals surface area contributed by atoms with Gasteiger partial charge < -0.3 is 14.8 Å². The number of nitrogens with one attached hydrogen (secondary N) is 2. The lowest BCUT2D eigenvalue weighted by Crippen LogP contribution is -2.14. The summed E-state index contributed by atoms with van der Waals surface area (Å²) < 4.78 is 11.0. The zero-order valence-corrected chi connectivity index (χ0v) is 20.6. The van der Waals surface area contributed by atoms with Crippen LogP contribution in [0.3, 0.4) is 0 Å². The molecule has 4 aromatic rings. The number of amides is 2. The van der Waals surface area contributed by atoms with E-state index in [-0.39, 0.29) is 17.6 Å². The first-order chi connectivity index (χ1) is 17.1. The zero-order chi connectivity index (χ0) is 24.6. The predicted molar refractivity (Wildman–Crippen MR) is 139 cm³/mol. The Hall–Kier alpha value is -3.89. The van der Waals surface area contributed by atoms with E-state index in [1.165, 1.54) is 30.2 Å². The van der Waals surface area contributed by atoms with E-state index in [4.69, 9.17) is 9.47 Å². The molecule has 0 radical (unpaired) electrons. The van der Waals surface area contributed by atoms with E-state index in [0.29, 0.717) is 32.2 Å². The lowest BCUT2D eigenvalue weighted by atomic mass is 10.0. The normalized spacial score (nSPS) is 10.5. The third-order valence-corrected chi connectivity index (χ3v) is 6.86. The first-order valence-corrected chi connectivity index (χ1v) is 12.3. The number of aromatic nitrogens is 2. The van der Waals surface area contributed by atoms with Crippen molar-refractivity contribution in [3.8, 4) is 22.6 Å². The summed E-state index contributed by atoms with van der Waals surface area (Å²) in [5.74, 6) is 0.736. The number of methoxy groups -OCH3 is 2. The first kappa shape index (κ1) is 24.2. The highest BCUT2D eigenvalue weighted by Gasteiger charge is 2.14.